The lowest BCUT2D eigenvalue weighted by Crippen LogP contribution is -2.37. The number of aliphatic hydroxyl groups is 1. The number of hydrogen-bond donors (Lipinski definition) is 1. The van der Waals surface area contributed by atoms with Crippen LogP contribution in [-0.2, 0) is 16.0 Å². The van der Waals surface area contributed by atoms with Gasteiger partial charge in [-0.15, -0.1) is 0 Å². The average molecular weight is 547 g/mol. The van der Waals surface area contributed by atoms with Crippen molar-refractivity contribution in [1.82, 2.24) is 0 Å². The molecule has 4 unspecified atom stereocenters. The lowest BCUT2D eigenvalue weighted by atomic mass is 9.83. The SMILES string of the molecule is CC(=O)OCC(O)COc1c(C)c(C)c2c(c1C)CCC(C)(CCCC(C)CCCC(C)CCCC(C)C)O2. The summed E-state index contributed by atoms with van der Waals surface area (Å²) in [6.45, 7) is 19.4. The van der Waals surface area contributed by atoms with Gasteiger partial charge in [0.2, 0.25) is 0 Å². The third kappa shape index (κ3) is 11.0. The molecule has 4 atom stereocenters. The molecule has 39 heavy (non-hydrogen) atoms. The molecule has 1 aliphatic rings. The number of carbonyl (C=O) groups excluding carboxylic acids is 1. The molecule has 1 heterocycles. The fraction of sp³-hybridized carbons (Fsp3) is 0.794. The first-order valence-corrected chi connectivity index (χ1v) is 15.6. The van der Waals surface area contributed by atoms with Crippen molar-refractivity contribution in [2.45, 2.75) is 145 Å². The van der Waals surface area contributed by atoms with Gasteiger partial charge in [-0.1, -0.05) is 72.6 Å². The third-order valence-corrected chi connectivity index (χ3v) is 8.74. The van der Waals surface area contributed by atoms with Crippen LogP contribution in [0.15, 0.2) is 0 Å². The monoisotopic (exact) mass is 546 g/mol. The lowest BCUT2D eigenvalue weighted by molar-refractivity contribution is -0.144. The van der Waals surface area contributed by atoms with Crippen molar-refractivity contribution in [3.05, 3.63) is 22.3 Å². The first-order valence-electron chi connectivity index (χ1n) is 15.6. The van der Waals surface area contributed by atoms with Crippen LogP contribution >= 0.6 is 0 Å². The van der Waals surface area contributed by atoms with Gasteiger partial charge in [0.25, 0.3) is 0 Å². The zero-order valence-electron chi connectivity index (χ0n) is 26.6. The lowest BCUT2D eigenvalue weighted by Gasteiger charge is -2.38. The molecular formula is C34H58O5. The number of hydrogen-bond acceptors (Lipinski definition) is 5. The van der Waals surface area contributed by atoms with Gasteiger partial charge in [0.05, 0.1) is 0 Å². The van der Waals surface area contributed by atoms with E-state index in [1.165, 1.54) is 63.9 Å². The summed E-state index contributed by atoms with van der Waals surface area (Å²) in [6, 6.07) is 0. The Kier molecular flexibility index (Phi) is 13.6. The highest BCUT2D eigenvalue weighted by Gasteiger charge is 2.34. The third-order valence-electron chi connectivity index (χ3n) is 8.74. The predicted octanol–water partition coefficient (Wildman–Crippen LogP) is 8.44. The minimum absolute atomic E-state index is 0.0605. The van der Waals surface area contributed by atoms with Crippen molar-refractivity contribution >= 4 is 5.97 Å². The number of fused-ring (bicyclic) bond motifs is 1. The van der Waals surface area contributed by atoms with Crippen molar-refractivity contribution < 1.29 is 24.1 Å². The van der Waals surface area contributed by atoms with Crippen LogP contribution < -0.4 is 9.47 Å². The fourth-order valence-electron chi connectivity index (χ4n) is 5.92. The van der Waals surface area contributed by atoms with E-state index in [-0.39, 0.29) is 18.8 Å². The molecule has 0 radical (unpaired) electrons. The molecule has 0 saturated heterocycles. The van der Waals surface area contributed by atoms with Crippen LogP contribution in [0.3, 0.4) is 0 Å². The Balaban J connectivity index is 1.85. The number of carbonyl (C=O) groups is 1. The number of aliphatic hydroxyl groups excluding tert-OH is 1. The number of esters is 1. The molecule has 1 N–H and O–H groups in total. The Labute approximate surface area is 239 Å². The maximum atomic E-state index is 11.0. The molecule has 5 heteroatoms. The fourth-order valence-corrected chi connectivity index (χ4v) is 5.92. The smallest absolute Gasteiger partial charge is 0.302 e. The topological polar surface area (TPSA) is 65.0 Å². The zero-order chi connectivity index (χ0) is 29.2. The molecule has 0 bridgehead atoms. The van der Waals surface area contributed by atoms with E-state index in [1.807, 2.05) is 0 Å². The molecule has 0 saturated carbocycles. The molecule has 1 aliphatic heterocycles. The molecule has 0 aromatic heterocycles. The number of rotatable bonds is 17. The van der Waals surface area contributed by atoms with E-state index in [0.29, 0.717) is 0 Å². The summed E-state index contributed by atoms with van der Waals surface area (Å²) < 4.78 is 17.7. The van der Waals surface area contributed by atoms with Crippen LogP contribution in [0, 0.1) is 38.5 Å². The van der Waals surface area contributed by atoms with Gasteiger partial charge in [0.1, 0.15) is 36.4 Å². The highest BCUT2D eigenvalue weighted by Crippen LogP contribution is 2.45. The predicted molar refractivity (Wildman–Crippen MR) is 161 cm³/mol. The largest absolute Gasteiger partial charge is 0.490 e. The summed E-state index contributed by atoms with van der Waals surface area (Å²) in [5.41, 5.74) is 4.33. The summed E-state index contributed by atoms with van der Waals surface area (Å²) in [6.07, 6.45) is 12.9. The minimum Gasteiger partial charge on any atom is -0.490 e. The second-order valence-electron chi connectivity index (χ2n) is 13.2. The maximum absolute atomic E-state index is 11.0. The maximum Gasteiger partial charge on any atom is 0.302 e. The minimum atomic E-state index is -0.857. The van der Waals surface area contributed by atoms with E-state index in [1.54, 1.807) is 0 Å². The van der Waals surface area contributed by atoms with Gasteiger partial charge >= 0.3 is 5.97 Å². The van der Waals surface area contributed by atoms with Gasteiger partial charge in [-0.05, 0) is 87.8 Å². The van der Waals surface area contributed by atoms with Crippen LogP contribution in [-0.4, -0.2) is 36.0 Å². The van der Waals surface area contributed by atoms with E-state index in [9.17, 15) is 9.90 Å². The molecule has 0 fully saturated rings. The standard InChI is InChI=1S/C34H58O5/c1-23(2)13-10-14-24(3)15-11-16-25(4)17-12-19-34(9)20-18-31-28(7)32(26(5)27(6)33(31)39-34)38-22-30(36)21-37-29(8)35/h23-25,30,36H,10-22H2,1-9H3. The quantitative estimate of drug-likeness (QED) is 0.199. The first-order chi connectivity index (χ1) is 18.3. The molecule has 224 valence electrons. The van der Waals surface area contributed by atoms with Crippen molar-refractivity contribution in [2.75, 3.05) is 13.2 Å². The summed E-state index contributed by atoms with van der Waals surface area (Å²) in [7, 11) is 0. The molecule has 5 nitrogen and oxygen atoms in total. The molecule has 1 aromatic rings. The van der Waals surface area contributed by atoms with Crippen molar-refractivity contribution in [3.63, 3.8) is 0 Å². The van der Waals surface area contributed by atoms with Gasteiger partial charge in [0.15, 0.2) is 0 Å². The Morgan fingerprint density at radius 2 is 1.49 bits per heavy atom. The second-order valence-corrected chi connectivity index (χ2v) is 13.2. The van der Waals surface area contributed by atoms with Crippen LogP contribution in [0.25, 0.3) is 0 Å². The van der Waals surface area contributed by atoms with E-state index < -0.39 is 12.1 Å². The summed E-state index contributed by atoms with van der Waals surface area (Å²) in [5, 5.41) is 10.1. The van der Waals surface area contributed by atoms with E-state index in [4.69, 9.17) is 14.2 Å². The van der Waals surface area contributed by atoms with Gasteiger partial charge < -0.3 is 19.3 Å². The molecular weight excluding hydrogens is 488 g/mol. The molecule has 0 aliphatic carbocycles. The Bertz CT molecular complexity index is 908. The highest BCUT2D eigenvalue weighted by molar-refractivity contribution is 5.65. The van der Waals surface area contributed by atoms with Crippen LogP contribution in [0.4, 0.5) is 0 Å². The van der Waals surface area contributed by atoms with E-state index in [0.717, 1.165) is 65.2 Å². The number of ether oxygens (including phenoxy) is 3. The van der Waals surface area contributed by atoms with Crippen molar-refractivity contribution in [3.8, 4) is 11.5 Å². The van der Waals surface area contributed by atoms with Crippen LogP contribution in [0.5, 0.6) is 11.5 Å². The Hall–Kier alpha value is -1.75. The van der Waals surface area contributed by atoms with Crippen LogP contribution in [0.1, 0.15) is 128 Å². The van der Waals surface area contributed by atoms with Gasteiger partial charge in [-0.2, -0.15) is 0 Å². The normalized spacial score (nSPS) is 19.3. The first kappa shape index (κ1) is 33.5. The summed E-state index contributed by atoms with van der Waals surface area (Å²) in [4.78, 5) is 11.0. The molecule has 0 spiro atoms. The highest BCUT2D eigenvalue weighted by atomic mass is 16.5. The number of benzene rings is 1. The molecule has 0 amide bonds. The van der Waals surface area contributed by atoms with E-state index >= 15 is 0 Å². The Morgan fingerprint density at radius 1 is 0.897 bits per heavy atom. The van der Waals surface area contributed by atoms with Crippen LogP contribution in [0.2, 0.25) is 0 Å². The molecule has 1 aromatic carbocycles. The van der Waals surface area contributed by atoms with Gasteiger partial charge in [-0.25, -0.2) is 0 Å². The van der Waals surface area contributed by atoms with Crippen molar-refractivity contribution in [2.24, 2.45) is 17.8 Å². The molecule has 2 rings (SSSR count). The van der Waals surface area contributed by atoms with Crippen molar-refractivity contribution in [1.29, 1.82) is 0 Å². The van der Waals surface area contributed by atoms with Gasteiger partial charge in [-0.3, -0.25) is 4.79 Å². The second kappa shape index (κ2) is 15.9. The summed E-state index contributed by atoms with van der Waals surface area (Å²) >= 11 is 0. The van der Waals surface area contributed by atoms with Gasteiger partial charge in [0, 0.05) is 12.5 Å². The Morgan fingerprint density at radius 3 is 2.08 bits per heavy atom. The van der Waals surface area contributed by atoms with E-state index in [2.05, 4.69) is 55.4 Å². The zero-order valence-corrected chi connectivity index (χ0v) is 26.6. The average Bonchev–Trinajstić information content (AvgIpc) is 2.85. The summed E-state index contributed by atoms with van der Waals surface area (Å²) in [5.74, 6) is 3.88.